The van der Waals surface area contributed by atoms with Crippen molar-refractivity contribution in [3.05, 3.63) is 64.8 Å². The fourth-order valence-corrected chi connectivity index (χ4v) is 2.79. The smallest absolute Gasteiger partial charge is 0.308 e. The second-order valence-electron chi connectivity index (χ2n) is 6.01. The van der Waals surface area contributed by atoms with Gasteiger partial charge in [-0.15, -0.1) is 0 Å². The number of carbonyl (C=O) groups is 2. The number of amides is 1. The van der Waals surface area contributed by atoms with Crippen LogP contribution in [0.5, 0.6) is 5.75 Å². The molecule has 0 bridgehead atoms. The number of carbonyl (C=O) groups excluding carboxylic acids is 2. The Labute approximate surface area is 170 Å². The van der Waals surface area contributed by atoms with Crippen LogP contribution in [0.3, 0.4) is 0 Å². The Bertz CT molecular complexity index is 1100. The third-order valence-electron chi connectivity index (χ3n) is 3.80. The van der Waals surface area contributed by atoms with E-state index in [2.05, 4.69) is 20.4 Å². The predicted molar refractivity (Wildman–Crippen MR) is 103 cm³/mol. The van der Waals surface area contributed by atoms with E-state index in [4.69, 9.17) is 21.6 Å². The van der Waals surface area contributed by atoms with Gasteiger partial charge in [0, 0.05) is 23.7 Å². The highest BCUT2D eigenvalue weighted by molar-refractivity contribution is 6.31. The molecule has 0 saturated carbocycles. The lowest BCUT2D eigenvalue weighted by molar-refractivity contribution is -0.131. The van der Waals surface area contributed by atoms with Crippen LogP contribution in [0, 0.1) is 11.3 Å². The van der Waals surface area contributed by atoms with E-state index in [1.165, 1.54) is 42.3 Å². The van der Waals surface area contributed by atoms with Crippen LogP contribution in [0.15, 0.2) is 42.9 Å². The molecule has 0 aliphatic rings. The van der Waals surface area contributed by atoms with Crippen molar-refractivity contribution >= 4 is 23.5 Å². The number of benzene rings is 1. The summed E-state index contributed by atoms with van der Waals surface area (Å²) in [6.45, 7) is 2.99. The number of rotatable bonds is 5. The molecule has 9 nitrogen and oxygen atoms in total. The third kappa shape index (κ3) is 4.75. The quantitative estimate of drug-likeness (QED) is 0.506. The Kier molecular flexibility index (Phi) is 5.85. The molecule has 0 saturated heterocycles. The molecule has 10 heteroatoms. The molecule has 1 N–H and O–H groups in total. The molecule has 0 aliphatic heterocycles. The van der Waals surface area contributed by atoms with E-state index in [0.29, 0.717) is 17.2 Å². The van der Waals surface area contributed by atoms with Crippen LogP contribution >= 0.6 is 11.6 Å². The van der Waals surface area contributed by atoms with Crippen molar-refractivity contribution in [1.82, 2.24) is 25.1 Å². The first-order valence-electron chi connectivity index (χ1n) is 8.43. The number of aromatic nitrogens is 4. The summed E-state index contributed by atoms with van der Waals surface area (Å²) >= 11 is 6.01. The van der Waals surface area contributed by atoms with Gasteiger partial charge in [-0.2, -0.15) is 15.0 Å². The highest BCUT2D eigenvalue weighted by atomic mass is 35.5. The van der Waals surface area contributed by atoms with Gasteiger partial charge in [0.2, 0.25) is 0 Å². The molecule has 1 atom stereocenters. The molecule has 1 amide bonds. The molecule has 29 heavy (non-hydrogen) atoms. The Balaban J connectivity index is 1.81. The molecular weight excluding hydrogens is 396 g/mol. The molecule has 0 radical (unpaired) electrons. The SMILES string of the molecule is CC(=O)Oc1cc(Cl)cc(C(=O)N[C@@H](C)c2ncnn2-c2ccc(C#N)cn2)c1. The lowest BCUT2D eigenvalue weighted by Gasteiger charge is -2.15. The normalized spacial score (nSPS) is 11.4. The Morgan fingerprint density at radius 2 is 2.07 bits per heavy atom. The van der Waals surface area contributed by atoms with E-state index < -0.39 is 17.9 Å². The van der Waals surface area contributed by atoms with Crippen LogP contribution in [0.1, 0.15) is 41.6 Å². The van der Waals surface area contributed by atoms with E-state index in [0.717, 1.165) is 0 Å². The molecule has 2 aromatic heterocycles. The zero-order chi connectivity index (χ0) is 21.0. The molecule has 3 aromatic rings. The van der Waals surface area contributed by atoms with Crippen molar-refractivity contribution in [3.63, 3.8) is 0 Å². The molecule has 0 fully saturated rings. The van der Waals surface area contributed by atoms with Gasteiger partial charge in [-0.1, -0.05) is 11.6 Å². The van der Waals surface area contributed by atoms with E-state index in [9.17, 15) is 9.59 Å². The van der Waals surface area contributed by atoms with Gasteiger partial charge < -0.3 is 10.1 Å². The number of nitrogens with zero attached hydrogens (tertiary/aromatic N) is 5. The first-order chi connectivity index (χ1) is 13.9. The fourth-order valence-electron chi connectivity index (χ4n) is 2.56. The van der Waals surface area contributed by atoms with E-state index in [1.807, 2.05) is 6.07 Å². The van der Waals surface area contributed by atoms with Gasteiger partial charge in [0.1, 0.15) is 18.1 Å². The predicted octanol–water partition coefficient (Wildman–Crippen LogP) is 2.60. The van der Waals surface area contributed by atoms with Crippen LogP contribution in [-0.4, -0.2) is 31.6 Å². The summed E-state index contributed by atoms with van der Waals surface area (Å²) in [6, 6.07) is 9.03. The number of hydrogen-bond acceptors (Lipinski definition) is 7. The van der Waals surface area contributed by atoms with Crippen molar-refractivity contribution in [2.75, 3.05) is 0 Å². The summed E-state index contributed by atoms with van der Waals surface area (Å²) in [5, 5.41) is 16.1. The van der Waals surface area contributed by atoms with Crippen LogP contribution < -0.4 is 10.1 Å². The summed E-state index contributed by atoms with van der Waals surface area (Å²) in [5.41, 5.74) is 0.643. The van der Waals surface area contributed by atoms with Crippen molar-refractivity contribution in [2.24, 2.45) is 0 Å². The molecule has 1 aromatic carbocycles. The number of pyridine rings is 1. The Hall–Kier alpha value is -3.77. The van der Waals surface area contributed by atoms with E-state index in [-0.39, 0.29) is 16.3 Å². The average Bonchev–Trinajstić information content (AvgIpc) is 3.17. The molecule has 3 rings (SSSR count). The maximum absolute atomic E-state index is 12.7. The zero-order valence-electron chi connectivity index (χ0n) is 15.5. The highest BCUT2D eigenvalue weighted by Crippen LogP contribution is 2.22. The van der Waals surface area contributed by atoms with Gasteiger partial charge in [0.25, 0.3) is 5.91 Å². The zero-order valence-corrected chi connectivity index (χ0v) is 16.2. The summed E-state index contributed by atoms with van der Waals surface area (Å²) in [4.78, 5) is 32.2. The number of halogens is 1. The van der Waals surface area contributed by atoms with Crippen LogP contribution in [-0.2, 0) is 4.79 Å². The summed E-state index contributed by atoms with van der Waals surface area (Å²) in [7, 11) is 0. The largest absolute Gasteiger partial charge is 0.427 e. The number of nitrogens with one attached hydrogen (secondary N) is 1. The highest BCUT2D eigenvalue weighted by Gasteiger charge is 2.19. The van der Waals surface area contributed by atoms with Gasteiger partial charge in [0.05, 0.1) is 11.6 Å². The molecule has 2 heterocycles. The number of ether oxygens (including phenoxy) is 1. The van der Waals surface area contributed by atoms with Gasteiger partial charge >= 0.3 is 5.97 Å². The molecule has 0 aliphatic carbocycles. The summed E-state index contributed by atoms with van der Waals surface area (Å²) in [6.07, 6.45) is 2.77. The Morgan fingerprint density at radius 1 is 1.28 bits per heavy atom. The number of esters is 1. The minimum absolute atomic E-state index is 0.174. The minimum atomic E-state index is -0.529. The maximum Gasteiger partial charge on any atom is 0.308 e. The number of hydrogen-bond donors (Lipinski definition) is 1. The molecular formula is C19H15ClN6O3. The lowest BCUT2D eigenvalue weighted by atomic mass is 10.2. The Morgan fingerprint density at radius 3 is 2.72 bits per heavy atom. The standard InChI is InChI=1S/C19H15ClN6O3/c1-11(18-23-10-24-26(18)17-4-3-13(8-21)9-22-17)25-19(28)14-5-15(20)7-16(6-14)29-12(2)27/h3-7,9-11H,1-2H3,(H,25,28)/t11-/m0/s1. The van der Waals surface area contributed by atoms with Gasteiger partial charge in [-0.05, 0) is 37.3 Å². The molecule has 146 valence electrons. The molecule has 0 unspecified atom stereocenters. The first-order valence-corrected chi connectivity index (χ1v) is 8.81. The van der Waals surface area contributed by atoms with Crippen LogP contribution in [0.2, 0.25) is 5.02 Å². The minimum Gasteiger partial charge on any atom is -0.427 e. The monoisotopic (exact) mass is 410 g/mol. The van der Waals surface area contributed by atoms with Gasteiger partial charge in [0.15, 0.2) is 11.6 Å². The van der Waals surface area contributed by atoms with Gasteiger partial charge in [-0.3, -0.25) is 9.59 Å². The topological polar surface area (TPSA) is 123 Å². The van der Waals surface area contributed by atoms with Crippen LogP contribution in [0.25, 0.3) is 5.82 Å². The summed E-state index contributed by atoms with van der Waals surface area (Å²) < 4.78 is 6.46. The van der Waals surface area contributed by atoms with Crippen molar-refractivity contribution in [3.8, 4) is 17.6 Å². The first kappa shape index (κ1) is 20.0. The van der Waals surface area contributed by atoms with Crippen LogP contribution in [0.4, 0.5) is 0 Å². The third-order valence-corrected chi connectivity index (χ3v) is 4.02. The van der Waals surface area contributed by atoms with E-state index in [1.54, 1.807) is 19.1 Å². The summed E-state index contributed by atoms with van der Waals surface area (Å²) in [5.74, 6) is 0.119. The second kappa shape index (κ2) is 8.50. The molecule has 0 spiro atoms. The lowest BCUT2D eigenvalue weighted by Crippen LogP contribution is -2.29. The fraction of sp³-hybridized carbons (Fsp3) is 0.158. The maximum atomic E-state index is 12.7. The van der Waals surface area contributed by atoms with E-state index >= 15 is 0 Å². The van der Waals surface area contributed by atoms with Gasteiger partial charge in [-0.25, -0.2) is 9.97 Å². The van der Waals surface area contributed by atoms with Crippen molar-refractivity contribution in [2.45, 2.75) is 19.9 Å². The van der Waals surface area contributed by atoms with Crippen molar-refractivity contribution < 1.29 is 14.3 Å². The number of nitriles is 1. The average molecular weight is 411 g/mol. The second-order valence-corrected chi connectivity index (χ2v) is 6.45. The van der Waals surface area contributed by atoms with Crippen molar-refractivity contribution in [1.29, 1.82) is 5.26 Å².